The van der Waals surface area contributed by atoms with E-state index >= 15 is 0 Å². The van der Waals surface area contributed by atoms with Crippen LogP contribution in [0, 0.1) is 11.6 Å². The minimum absolute atomic E-state index is 0.00351. The summed E-state index contributed by atoms with van der Waals surface area (Å²) in [4.78, 5) is 26.3. The second kappa shape index (κ2) is 9.81. The molecule has 0 bridgehead atoms. The summed E-state index contributed by atoms with van der Waals surface area (Å²) in [6.45, 7) is 0. The van der Waals surface area contributed by atoms with E-state index in [-0.39, 0.29) is 50.1 Å². The van der Waals surface area contributed by atoms with Crippen LogP contribution >= 0.6 is 11.6 Å². The molecule has 14 heteroatoms. The third-order valence-electron chi connectivity index (χ3n) is 6.44. The third kappa shape index (κ3) is 4.85. The van der Waals surface area contributed by atoms with Gasteiger partial charge in [0.2, 0.25) is 6.43 Å². The third-order valence-corrected chi connectivity index (χ3v) is 6.78. The molecule has 4 aromatic rings. The van der Waals surface area contributed by atoms with Crippen molar-refractivity contribution in [1.29, 1.82) is 0 Å². The van der Waals surface area contributed by atoms with Crippen LogP contribution in [-0.4, -0.2) is 28.0 Å². The van der Waals surface area contributed by atoms with Gasteiger partial charge in [-0.15, -0.1) is 0 Å². The number of rotatable bonds is 5. The average molecular weight is 585 g/mol. The molecule has 208 valence electrons. The first-order valence-electron chi connectivity index (χ1n) is 11.5. The number of nitrogens with one attached hydrogen (secondary N) is 2. The number of amides is 2. The summed E-state index contributed by atoms with van der Waals surface area (Å²) in [5.41, 5.74) is -2.31. The molecule has 6 nitrogen and oxygen atoms in total. The molecule has 1 atom stereocenters. The van der Waals surface area contributed by atoms with E-state index < -0.39 is 59.6 Å². The molecule has 0 fully saturated rings. The van der Waals surface area contributed by atoms with Gasteiger partial charge in [-0.2, -0.15) is 18.3 Å². The standard InChI is InChI=1S/C26H16ClF7N4O2/c1-38-18(9-19(30)31)15-8-17(35-24(39)10-4-11(26(32,33)34)6-13(29)5-10)20-21(23(15)37-38)25(40)36-22(20)14-7-12(28)2-3-16(14)27/h2-8,19,22H,9H2,1H3,(H,35,39)(H,36,40). The van der Waals surface area contributed by atoms with E-state index in [1.165, 1.54) is 19.2 Å². The van der Waals surface area contributed by atoms with Gasteiger partial charge in [0.25, 0.3) is 11.8 Å². The number of aromatic nitrogens is 2. The zero-order valence-corrected chi connectivity index (χ0v) is 20.9. The zero-order chi connectivity index (χ0) is 29.1. The molecule has 5 rings (SSSR count). The van der Waals surface area contributed by atoms with E-state index in [9.17, 15) is 40.3 Å². The van der Waals surface area contributed by atoms with Crippen molar-refractivity contribution in [3.63, 3.8) is 0 Å². The normalized spacial score (nSPS) is 15.1. The predicted molar refractivity (Wildman–Crippen MR) is 130 cm³/mol. The second-order valence-corrected chi connectivity index (χ2v) is 9.43. The SMILES string of the molecule is Cn1nc2c3c(c(NC(=O)c4cc(F)cc(C(F)(F)F)c4)cc2c1CC(F)F)C(c1cc(F)ccc1Cl)NC3=O. The Morgan fingerprint density at radius 3 is 2.52 bits per heavy atom. The Hall–Kier alpha value is -4.13. The summed E-state index contributed by atoms with van der Waals surface area (Å²) in [6, 6.07) is 4.67. The van der Waals surface area contributed by atoms with Crippen molar-refractivity contribution in [2.75, 3.05) is 5.32 Å². The fourth-order valence-corrected chi connectivity index (χ4v) is 4.97. The summed E-state index contributed by atoms with van der Waals surface area (Å²) < 4.78 is 95.7. The maximum Gasteiger partial charge on any atom is 0.416 e. The second-order valence-electron chi connectivity index (χ2n) is 9.03. The Bertz CT molecular complexity index is 1700. The molecule has 40 heavy (non-hydrogen) atoms. The molecule has 1 aromatic heterocycles. The molecule has 1 aliphatic rings. The average Bonchev–Trinajstić information content (AvgIpc) is 3.36. The van der Waals surface area contributed by atoms with Gasteiger partial charge in [0.1, 0.15) is 17.2 Å². The van der Waals surface area contributed by atoms with Crippen LogP contribution in [0.5, 0.6) is 0 Å². The first-order valence-corrected chi connectivity index (χ1v) is 11.9. The highest BCUT2D eigenvalue weighted by molar-refractivity contribution is 6.31. The number of hydrogen-bond acceptors (Lipinski definition) is 3. The van der Waals surface area contributed by atoms with Crippen LogP contribution in [0.25, 0.3) is 10.9 Å². The van der Waals surface area contributed by atoms with E-state index in [2.05, 4.69) is 15.7 Å². The minimum atomic E-state index is -4.95. The van der Waals surface area contributed by atoms with Crippen LogP contribution in [0.4, 0.5) is 36.4 Å². The lowest BCUT2D eigenvalue weighted by molar-refractivity contribution is -0.137. The number of carbonyl (C=O) groups is 2. The Morgan fingerprint density at radius 2 is 1.85 bits per heavy atom. The minimum Gasteiger partial charge on any atom is -0.341 e. The molecule has 3 aromatic carbocycles. The van der Waals surface area contributed by atoms with Crippen LogP contribution in [0.15, 0.2) is 42.5 Å². The molecule has 1 aliphatic heterocycles. The van der Waals surface area contributed by atoms with Crippen LogP contribution in [0.3, 0.4) is 0 Å². The molecule has 2 heterocycles. The van der Waals surface area contributed by atoms with Crippen LogP contribution < -0.4 is 10.6 Å². The fraction of sp³-hybridized carbons (Fsp3) is 0.192. The highest BCUT2D eigenvalue weighted by atomic mass is 35.5. The summed E-state index contributed by atoms with van der Waals surface area (Å²) in [7, 11) is 1.38. The first kappa shape index (κ1) is 27.4. The van der Waals surface area contributed by atoms with E-state index in [4.69, 9.17) is 11.6 Å². The van der Waals surface area contributed by atoms with Gasteiger partial charge < -0.3 is 10.6 Å². The number of aryl methyl sites for hydroxylation is 1. The molecule has 2 N–H and O–H groups in total. The Labute approximate surface area is 225 Å². The highest BCUT2D eigenvalue weighted by Crippen LogP contribution is 2.43. The van der Waals surface area contributed by atoms with Gasteiger partial charge in [-0.25, -0.2) is 17.6 Å². The summed E-state index contributed by atoms with van der Waals surface area (Å²) in [6.07, 6.45) is -8.52. The fourth-order valence-electron chi connectivity index (χ4n) is 4.74. The predicted octanol–water partition coefficient (Wildman–Crippen LogP) is 6.42. The number of halogens is 8. The van der Waals surface area contributed by atoms with E-state index in [1.54, 1.807) is 0 Å². The Morgan fingerprint density at radius 1 is 1.12 bits per heavy atom. The largest absolute Gasteiger partial charge is 0.416 e. The smallest absolute Gasteiger partial charge is 0.341 e. The summed E-state index contributed by atoms with van der Waals surface area (Å²) in [5, 5.41) is 9.30. The van der Waals surface area contributed by atoms with Gasteiger partial charge in [-0.1, -0.05) is 11.6 Å². The van der Waals surface area contributed by atoms with Gasteiger partial charge in [-0.3, -0.25) is 14.3 Å². The van der Waals surface area contributed by atoms with Crippen molar-refractivity contribution in [1.82, 2.24) is 15.1 Å². The van der Waals surface area contributed by atoms with Crippen LogP contribution in [0.2, 0.25) is 5.02 Å². The van der Waals surface area contributed by atoms with Crippen molar-refractivity contribution in [2.24, 2.45) is 7.05 Å². The van der Waals surface area contributed by atoms with Gasteiger partial charge >= 0.3 is 6.18 Å². The molecule has 0 aliphatic carbocycles. The Balaban J connectivity index is 1.72. The molecular formula is C26H16ClF7N4O2. The lowest BCUT2D eigenvalue weighted by Gasteiger charge is -2.18. The molecule has 2 amide bonds. The number of hydrogen-bond donors (Lipinski definition) is 2. The van der Waals surface area contributed by atoms with Crippen LogP contribution in [-0.2, 0) is 19.6 Å². The maximum atomic E-state index is 14.2. The summed E-state index contributed by atoms with van der Waals surface area (Å²) >= 11 is 6.27. The first-order chi connectivity index (χ1) is 18.7. The lowest BCUT2D eigenvalue weighted by Crippen LogP contribution is -2.21. The molecule has 0 radical (unpaired) electrons. The maximum absolute atomic E-state index is 14.2. The van der Waals surface area contributed by atoms with Gasteiger partial charge in [0.15, 0.2) is 0 Å². The quantitative estimate of drug-likeness (QED) is 0.266. The van der Waals surface area contributed by atoms with E-state index in [0.717, 1.165) is 16.8 Å². The highest BCUT2D eigenvalue weighted by Gasteiger charge is 2.38. The van der Waals surface area contributed by atoms with Gasteiger partial charge in [0.05, 0.1) is 29.3 Å². The molecule has 1 unspecified atom stereocenters. The van der Waals surface area contributed by atoms with Crippen molar-refractivity contribution in [3.05, 3.63) is 92.6 Å². The van der Waals surface area contributed by atoms with Crippen molar-refractivity contribution in [2.45, 2.75) is 25.1 Å². The molecular weight excluding hydrogens is 569 g/mol. The number of alkyl halides is 5. The van der Waals surface area contributed by atoms with Gasteiger partial charge in [-0.05, 0) is 42.5 Å². The van der Waals surface area contributed by atoms with Crippen molar-refractivity contribution in [3.8, 4) is 0 Å². The zero-order valence-electron chi connectivity index (χ0n) is 20.1. The topological polar surface area (TPSA) is 76.0 Å². The van der Waals surface area contributed by atoms with E-state index in [0.29, 0.717) is 12.1 Å². The van der Waals surface area contributed by atoms with Crippen molar-refractivity contribution < 1.29 is 40.3 Å². The number of nitrogens with zero attached hydrogens (tertiary/aromatic N) is 2. The Kier molecular flexibility index (Phi) is 6.73. The number of fused-ring (bicyclic) bond motifs is 3. The number of benzene rings is 3. The number of anilines is 1. The number of carbonyl (C=O) groups excluding carboxylic acids is 2. The molecule has 0 saturated heterocycles. The van der Waals surface area contributed by atoms with Crippen molar-refractivity contribution >= 4 is 40.0 Å². The van der Waals surface area contributed by atoms with Gasteiger partial charge in [0, 0.05) is 39.8 Å². The summed E-state index contributed by atoms with van der Waals surface area (Å²) in [5.74, 6) is -3.96. The monoisotopic (exact) mass is 584 g/mol. The lowest BCUT2D eigenvalue weighted by atomic mass is 9.93. The molecule has 0 saturated carbocycles. The molecule has 0 spiro atoms. The van der Waals surface area contributed by atoms with E-state index in [1.807, 2.05) is 0 Å². The van der Waals surface area contributed by atoms with Crippen LogP contribution in [0.1, 0.15) is 49.1 Å².